The van der Waals surface area contributed by atoms with Gasteiger partial charge in [0.05, 0.1) is 0 Å². The standard InChI is InChI=1S/C16H24O2/c1-9-8-10(2)12(4)13(11(9)3)14(17)15(18)16(5,6)7/h8,14,17H,1-7H3. The maximum atomic E-state index is 12.2. The number of ketones is 1. The van der Waals surface area contributed by atoms with Gasteiger partial charge in [0.2, 0.25) is 0 Å². The summed E-state index contributed by atoms with van der Waals surface area (Å²) in [6.07, 6.45) is -1.02. The zero-order chi connectivity index (χ0) is 14.2. The zero-order valence-corrected chi connectivity index (χ0v) is 12.5. The topological polar surface area (TPSA) is 37.3 Å². The number of rotatable bonds is 2. The van der Waals surface area contributed by atoms with Crippen molar-refractivity contribution in [2.75, 3.05) is 0 Å². The van der Waals surface area contributed by atoms with Gasteiger partial charge in [0.25, 0.3) is 0 Å². The summed E-state index contributed by atoms with van der Waals surface area (Å²) in [6.45, 7) is 13.5. The summed E-state index contributed by atoms with van der Waals surface area (Å²) in [5.41, 5.74) is 4.53. The van der Waals surface area contributed by atoms with Gasteiger partial charge in [0, 0.05) is 5.41 Å². The van der Waals surface area contributed by atoms with Crippen molar-refractivity contribution in [3.63, 3.8) is 0 Å². The van der Waals surface area contributed by atoms with E-state index in [1.807, 2.05) is 48.5 Å². The first-order valence-corrected chi connectivity index (χ1v) is 6.37. The molecule has 0 saturated carbocycles. The van der Waals surface area contributed by atoms with Crippen LogP contribution in [0.2, 0.25) is 0 Å². The van der Waals surface area contributed by atoms with Crippen molar-refractivity contribution in [3.8, 4) is 0 Å². The van der Waals surface area contributed by atoms with Crippen LogP contribution in [0.3, 0.4) is 0 Å². The van der Waals surface area contributed by atoms with Gasteiger partial charge in [-0.25, -0.2) is 0 Å². The van der Waals surface area contributed by atoms with Crippen molar-refractivity contribution in [1.29, 1.82) is 0 Å². The first-order chi connectivity index (χ1) is 8.07. The van der Waals surface area contributed by atoms with Gasteiger partial charge >= 0.3 is 0 Å². The van der Waals surface area contributed by atoms with Crippen molar-refractivity contribution in [3.05, 3.63) is 33.9 Å². The number of carbonyl (C=O) groups is 1. The highest BCUT2D eigenvalue weighted by Gasteiger charge is 2.31. The van der Waals surface area contributed by atoms with E-state index in [9.17, 15) is 9.90 Å². The summed E-state index contributed by atoms with van der Waals surface area (Å²) < 4.78 is 0. The molecule has 2 nitrogen and oxygen atoms in total. The highest BCUT2D eigenvalue weighted by Crippen LogP contribution is 2.32. The number of benzene rings is 1. The van der Waals surface area contributed by atoms with Crippen LogP contribution in [-0.2, 0) is 4.79 Å². The molecular formula is C16H24O2. The van der Waals surface area contributed by atoms with Crippen LogP contribution < -0.4 is 0 Å². The minimum atomic E-state index is -1.02. The van der Waals surface area contributed by atoms with Crippen LogP contribution in [0, 0.1) is 33.1 Å². The molecule has 0 aliphatic carbocycles. The van der Waals surface area contributed by atoms with Crippen molar-refractivity contribution < 1.29 is 9.90 Å². The second kappa shape index (κ2) is 4.85. The maximum Gasteiger partial charge on any atom is 0.171 e. The Morgan fingerprint density at radius 2 is 1.44 bits per heavy atom. The summed E-state index contributed by atoms with van der Waals surface area (Å²) in [6, 6.07) is 2.10. The Labute approximate surface area is 110 Å². The van der Waals surface area contributed by atoms with E-state index < -0.39 is 11.5 Å². The monoisotopic (exact) mass is 248 g/mol. The predicted molar refractivity (Wildman–Crippen MR) is 74.8 cm³/mol. The molecule has 18 heavy (non-hydrogen) atoms. The quantitative estimate of drug-likeness (QED) is 0.868. The van der Waals surface area contributed by atoms with E-state index in [1.54, 1.807) is 0 Å². The van der Waals surface area contributed by atoms with E-state index in [2.05, 4.69) is 6.07 Å². The molecule has 0 aliphatic rings. The third kappa shape index (κ3) is 2.64. The molecule has 0 aliphatic heterocycles. The second-order valence-electron chi connectivity index (χ2n) is 6.19. The van der Waals surface area contributed by atoms with Crippen molar-refractivity contribution in [2.45, 2.75) is 54.6 Å². The highest BCUT2D eigenvalue weighted by atomic mass is 16.3. The molecule has 1 atom stereocenters. The molecule has 1 N–H and O–H groups in total. The summed E-state index contributed by atoms with van der Waals surface area (Å²) in [5.74, 6) is -0.126. The molecule has 100 valence electrons. The third-order valence-electron chi connectivity index (χ3n) is 3.69. The number of hydrogen-bond donors (Lipinski definition) is 1. The summed E-state index contributed by atoms with van der Waals surface area (Å²) >= 11 is 0. The smallest absolute Gasteiger partial charge is 0.171 e. The largest absolute Gasteiger partial charge is 0.381 e. The molecule has 0 fully saturated rings. The molecule has 0 spiro atoms. The first kappa shape index (κ1) is 14.9. The molecule has 0 radical (unpaired) electrons. The molecule has 0 aromatic heterocycles. The van der Waals surface area contributed by atoms with Gasteiger partial charge in [-0.2, -0.15) is 0 Å². The lowest BCUT2D eigenvalue weighted by Gasteiger charge is -2.25. The molecule has 1 aromatic carbocycles. The van der Waals surface area contributed by atoms with E-state index in [4.69, 9.17) is 0 Å². The van der Waals surface area contributed by atoms with Gasteiger partial charge in [-0.05, 0) is 55.5 Å². The van der Waals surface area contributed by atoms with Crippen LogP contribution in [0.25, 0.3) is 0 Å². The number of carbonyl (C=O) groups excluding carboxylic acids is 1. The molecule has 1 unspecified atom stereocenters. The van der Waals surface area contributed by atoms with E-state index in [1.165, 1.54) is 0 Å². The van der Waals surface area contributed by atoms with Crippen LogP contribution in [-0.4, -0.2) is 10.9 Å². The van der Waals surface area contributed by atoms with Crippen LogP contribution in [0.1, 0.15) is 54.7 Å². The van der Waals surface area contributed by atoms with Crippen LogP contribution in [0.5, 0.6) is 0 Å². The third-order valence-corrected chi connectivity index (χ3v) is 3.69. The Morgan fingerprint density at radius 3 is 1.78 bits per heavy atom. The molecule has 0 amide bonds. The van der Waals surface area contributed by atoms with E-state index in [-0.39, 0.29) is 5.78 Å². The van der Waals surface area contributed by atoms with Crippen LogP contribution in [0.4, 0.5) is 0 Å². The van der Waals surface area contributed by atoms with E-state index in [0.29, 0.717) is 0 Å². The SMILES string of the molecule is Cc1cc(C)c(C)c(C(O)C(=O)C(C)(C)C)c1C. The molecule has 1 aromatic rings. The number of aliphatic hydroxyl groups is 1. The second-order valence-corrected chi connectivity index (χ2v) is 6.19. The van der Waals surface area contributed by atoms with Gasteiger partial charge in [-0.15, -0.1) is 0 Å². The fraction of sp³-hybridized carbons (Fsp3) is 0.562. The van der Waals surface area contributed by atoms with E-state index >= 15 is 0 Å². The Bertz CT molecular complexity index is 453. The average molecular weight is 248 g/mol. The van der Waals surface area contributed by atoms with Crippen molar-refractivity contribution in [1.82, 2.24) is 0 Å². The fourth-order valence-corrected chi connectivity index (χ4v) is 2.20. The van der Waals surface area contributed by atoms with Gasteiger partial charge in [-0.3, -0.25) is 4.79 Å². The molecule has 0 heterocycles. The molecule has 0 saturated heterocycles. The minimum Gasteiger partial charge on any atom is -0.381 e. The molecular weight excluding hydrogens is 224 g/mol. The fourth-order valence-electron chi connectivity index (χ4n) is 2.20. The average Bonchev–Trinajstić information content (AvgIpc) is 2.24. The Balaban J connectivity index is 3.38. The summed E-state index contributed by atoms with van der Waals surface area (Å²) in [4.78, 5) is 12.2. The summed E-state index contributed by atoms with van der Waals surface area (Å²) in [5, 5.41) is 10.4. The van der Waals surface area contributed by atoms with Gasteiger partial charge in [0.1, 0.15) is 6.10 Å². The van der Waals surface area contributed by atoms with Crippen LogP contribution in [0.15, 0.2) is 6.07 Å². The number of Topliss-reactive ketones (excluding diaryl/α,β-unsaturated/α-hetero) is 1. The molecule has 1 rings (SSSR count). The first-order valence-electron chi connectivity index (χ1n) is 6.37. The Morgan fingerprint density at radius 1 is 1.06 bits per heavy atom. The molecule has 0 bridgehead atoms. The maximum absolute atomic E-state index is 12.2. The molecule has 2 heteroatoms. The van der Waals surface area contributed by atoms with Crippen molar-refractivity contribution in [2.24, 2.45) is 5.41 Å². The lowest BCUT2D eigenvalue weighted by Crippen LogP contribution is -2.28. The lowest BCUT2D eigenvalue weighted by molar-refractivity contribution is -0.135. The van der Waals surface area contributed by atoms with Crippen LogP contribution >= 0.6 is 0 Å². The van der Waals surface area contributed by atoms with E-state index in [0.717, 1.165) is 27.8 Å². The highest BCUT2D eigenvalue weighted by molar-refractivity contribution is 5.89. The Hall–Kier alpha value is -1.15. The number of aliphatic hydroxyl groups excluding tert-OH is 1. The summed E-state index contributed by atoms with van der Waals surface area (Å²) in [7, 11) is 0. The Kier molecular flexibility index (Phi) is 4.02. The van der Waals surface area contributed by atoms with Gasteiger partial charge in [-0.1, -0.05) is 26.8 Å². The van der Waals surface area contributed by atoms with Gasteiger partial charge < -0.3 is 5.11 Å². The lowest BCUT2D eigenvalue weighted by atomic mass is 9.81. The predicted octanol–water partition coefficient (Wildman–Crippen LogP) is 3.57. The van der Waals surface area contributed by atoms with Crippen molar-refractivity contribution >= 4 is 5.78 Å². The minimum absolute atomic E-state index is 0.126. The number of aryl methyl sites for hydroxylation is 2. The normalized spacial score (nSPS) is 13.6. The van der Waals surface area contributed by atoms with Gasteiger partial charge in [0.15, 0.2) is 5.78 Å². The number of hydrogen-bond acceptors (Lipinski definition) is 2. The zero-order valence-electron chi connectivity index (χ0n) is 12.5.